The lowest BCUT2D eigenvalue weighted by molar-refractivity contribution is 0.0911. The van der Waals surface area contributed by atoms with Crippen LogP contribution in [-0.2, 0) is 6.42 Å². The highest BCUT2D eigenvalue weighted by molar-refractivity contribution is 5.99. The molecule has 0 bridgehead atoms. The SMILES string of the molecule is CCOc1ccccc1-n1ccc2c1CC(C)(C)CC2=O. The standard InChI is InChI=1S/C18H21NO2/c1-4-21-17-8-6-5-7-14(17)19-10-9-13-15(19)11-18(2,3)12-16(13)20/h5-10H,4,11-12H2,1-3H3. The maximum atomic E-state index is 12.3. The van der Waals surface area contributed by atoms with Crippen molar-refractivity contribution in [2.24, 2.45) is 5.41 Å². The van der Waals surface area contributed by atoms with E-state index < -0.39 is 0 Å². The first kappa shape index (κ1) is 13.9. The van der Waals surface area contributed by atoms with E-state index >= 15 is 0 Å². The molecule has 2 aromatic rings. The third-order valence-corrected chi connectivity index (χ3v) is 4.00. The lowest BCUT2D eigenvalue weighted by atomic mass is 9.76. The summed E-state index contributed by atoms with van der Waals surface area (Å²) in [5.41, 5.74) is 2.98. The van der Waals surface area contributed by atoms with E-state index in [0.29, 0.717) is 13.0 Å². The van der Waals surface area contributed by atoms with Crippen molar-refractivity contribution in [3.8, 4) is 11.4 Å². The van der Waals surface area contributed by atoms with Gasteiger partial charge in [0.25, 0.3) is 0 Å². The van der Waals surface area contributed by atoms with E-state index in [4.69, 9.17) is 4.74 Å². The molecular formula is C18H21NO2. The topological polar surface area (TPSA) is 31.2 Å². The van der Waals surface area contributed by atoms with Gasteiger partial charge in [0.05, 0.1) is 12.3 Å². The van der Waals surface area contributed by atoms with Crippen molar-refractivity contribution in [2.45, 2.75) is 33.6 Å². The second kappa shape index (κ2) is 5.06. The van der Waals surface area contributed by atoms with Gasteiger partial charge in [0, 0.05) is 23.9 Å². The van der Waals surface area contributed by atoms with Crippen molar-refractivity contribution in [3.63, 3.8) is 0 Å². The number of Topliss-reactive ketones (excluding diaryl/α,β-unsaturated/α-hetero) is 1. The number of rotatable bonds is 3. The zero-order chi connectivity index (χ0) is 15.0. The minimum absolute atomic E-state index is 0.0146. The smallest absolute Gasteiger partial charge is 0.165 e. The first-order chi connectivity index (χ1) is 10.0. The van der Waals surface area contributed by atoms with Gasteiger partial charge in [-0.25, -0.2) is 0 Å². The lowest BCUT2D eigenvalue weighted by Crippen LogP contribution is -2.27. The average Bonchev–Trinajstić information content (AvgIpc) is 2.82. The Bertz CT molecular complexity index is 682. The fourth-order valence-electron chi connectivity index (χ4n) is 3.10. The van der Waals surface area contributed by atoms with Gasteiger partial charge in [-0.3, -0.25) is 4.79 Å². The maximum absolute atomic E-state index is 12.3. The van der Waals surface area contributed by atoms with Crippen molar-refractivity contribution in [2.75, 3.05) is 6.61 Å². The summed E-state index contributed by atoms with van der Waals surface area (Å²) in [5.74, 6) is 1.10. The number of ether oxygens (including phenoxy) is 1. The fraction of sp³-hybridized carbons (Fsp3) is 0.389. The molecule has 0 spiro atoms. The average molecular weight is 283 g/mol. The molecular weight excluding hydrogens is 262 g/mol. The van der Waals surface area contributed by atoms with E-state index in [1.165, 1.54) is 0 Å². The summed E-state index contributed by atoms with van der Waals surface area (Å²) in [6.45, 7) is 6.92. The summed E-state index contributed by atoms with van der Waals surface area (Å²) >= 11 is 0. The number of carbonyl (C=O) groups excluding carboxylic acids is 1. The van der Waals surface area contributed by atoms with Crippen molar-refractivity contribution in [1.82, 2.24) is 4.57 Å². The summed E-state index contributed by atoms with van der Waals surface area (Å²) in [6.07, 6.45) is 3.51. The van der Waals surface area contributed by atoms with Gasteiger partial charge in [-0.05, 0) is 37.0 Å². The molecule has 0 N–H and O–H groups in total. The van der Waals surface area contributed by atoms with E-state index in [9.17, 15) is 4.79 Å². The van der Waals surface area contributed by atoms with Crippen LogP contribution in [0.15, 0.2) is 36.5 Å². The number of hydrogen-bond donors (Lipinski definition) is 0. The molecule has 3 heteroatoms. The number of nitrogens with zero attached hydrogens (tertiary/aromatic N) is 1. The minimum Gasteiger partial charge on any atom is -0.492 e. The Morgan fingerprint density at radius 3 is 2.71 bits per heavy atom. The molecule has 0 saturated heterocycles. The van der Waals surface area contributed by atoms with Crippen molar-refractivity contribution in [3.05, 3.63) is 47.8 Å². The van der Waals surface area contributed by atoms with Crippen LogP contribution in [-0.4, -0.2) is 17.0 Å². The number of para-hydroxylation sites is 2. The van der Waals surface area contributed by atoms with Crippen LogP contribution >= 0.6 is 0 Å². The molecule has 1 aromatic heterocycles. The largest absolute Gasteiger partial charge is 0.492 e. The number of hydrogen-bond acceptors (Lipinski definition) is 2. The Balaban J connectivity index is 2.12. The molecule has 0 aliphatic heterocycles. The zero-order valence-corrected chi connectivity index (χ0v) is 12.8. The minimum atomic E-state index is 0.0146. The maximum Gasteiger partial charge on any atom is 0.165 e. The molecule has 0 fully saturated rings. The summed E-state index contributed by atoms with van der Waals surface area (Å²) in [6, 6.07) is 9.92. The van der Waals surface area contributed by atoms with Crippen molar-refractivity contribution >= 4 is 5.78 Å². The molecule has 1 heterocycles. The normalized spacial score (nSPS) is 16.6. The van der Waals surface area contributed by atoms with Gasteiger partial charge in [-0.1, -0.05) is 26.0 Å². The third-order valence-electron chi connectivity index (χ3n) is 4.00. The van der Waals surface area contributed by atoms with Gasteiger partial charge in [0.2, 0.25) is 0 Å². The van der Waals surface area contributed by atoms with Crippen LogP contribution in [0, 0.1) is 5.41 Å². The van der Waals surface area contributed by atoms with E-state index in [2.05, 4.69) is 18.4 Å². The number of aromatic nitrogens is 1. The quantitative estimate of drug-likeness (QED) is 0.851. The lowest BCUT2D eigenvalue weighted by Gasteiger charge is -2.30. The van der Waals surface area contributed by atoms with Crippen LogP contribution in [0.25, 0.3) is 5.69 Å². The summed E-state index contributed by atoms with van der Waals surface area (Å²) < 4.78 is 7.84. The highest BCUT2D eigenvalue weighted by atomic mass is 16.5. The number of benzene rings is 1. The Labute approximate surface area is 125 Å². The Morgan fingerprint density at radius 1 is 1.19 bits per heavy atom. The molecule has 0 atom stereocenters. The van der Waals surface area contributed by atoms with E-state index in [-0.39, 0.29) is 11.2 Å². The van der Waals surface area contributed by atoms with Gasteiger partial charge in [0.1, 0.15) is 5.75 Å². The number of fused-ring (bicyclic) bond motifs is 1. The number of carbonyl (C=O) groups is 1. The first-order valence-corrected chi connectivity index (χ1v) is 7.47. The third kappa shape index (κ3) is 2.48. The summed E-state index contributed by atoms with van der Waals surface area (Å²) in [7, 11) is 0. The van der Waals surface area contributed by atoms with Gasteiger partial charge in [-0.2, -0.15) is 0 Å². The second-order valence-electron chi connectivity index (χ2n) is 6.39. The zero-order valence-electron chi connectivity index (χ0n) is 12.8. The highest BCUT2D eigenvalue weighted by Gasteiger charge is 2.33. The Morgan fingerprint density at radius 2 is 1.95 bits per heavy atom. The van der Waals surface area contributed by atoms with Crippen molar-refractivity contribution in [1.29, 1.82) is 0 Å². The molecule has 3 rings (SSSR count). The van der Waals surface area contributed by atoms with Gasteiger partial charge in [-0.15, -0.1) is 0 Å². The molecule has 1 aromatic carbocycles. The molecule has 0 amide bonds. The molecule has 0 radical (unpaired) electrons. The molecule has 0 saturated carbocycles. The van der Waals surface area contributed by atoms with Gasteiger partial charge in [0.15, 0.2) is 5.78 Å². The molecule has 0 unspecified atom stereocenters. The molecule has 3 nitrogen and oxygen atoms in total. The Hall–Kier alpha value is -2.03. The van der Waals surface area contributed by atoms with Gasteiger partial charge < -0.3 is 9.30 Å². The van der Waals surface area contributed by atoms with Crippen LogP contribution in [0.2, 0.25) is 0 Å². The van der Waals surface area contributed by atoms with E-state index in [0.717, 1.165) is 29.1 Å². The van der Waals surface area contributed by atoms with Crippen LogP contribution in [0.1, 0.15) is 43.2 Å². The second-order valence-corrected chi connectivity index (χ2v) is 6.39. The molecule has 21 heavy (non-hydrogen) atoms. The fourth-order valence-corrected chi connectivity index (χ4v) is 3.10. The Kier molecular flexibility index (Phi) is 3.36. The van der Waals surface area contributed by atoms with Crippen LogP contribution in [0.3, 0.4) is 0 Å². The highest BCUT2D eigenvalue weighted by Crippen LogP contribution is 2.37. The number of ketones is 1. The van der Waals surface area contributed by atoms with Crippen molar-refractivity contribution < 1.29 is 9.53 Å². The van der Waals surface area contributed by atoms with E-state index in [1.807, 2.05) is 43.5 Å². The first-order valence-electron chi connectivity index (χ1n) is 7.47. The van der Waals surface area contributed by atoms with Gasteiger partial charge >= 0.3 is 0 Å². The van der Waals surface area contributed by atoms with Crippen LogP contribution < -0.4 is 4.74 Å². The predicted molar refractivity (Wildman–Crippen MR) is 83.4 cm³/mol. The molecule has 110 valence electrons. The monoisotopic (exact) mass is 283 g/mol. The summed E-state index contributed by atoms with van der Waals surface area (Å²) in [4.78, 5) is 12.3. The predicted octanol–water partition coefficient (Wildman–Crippen LogP) is 4.03. The summed E-state index contributed by atoms with van der Waals surface area (Å²) in [5, 5.41) is 0. The molecule has 1 aliphatic rings. The van der Waals surface area contributed by atoms with Crippen LogP contribution in [0.5, 0.6) is 5.75 Å². The molecule has 1 aliphatic carbocycles. The van der Waals surface area contributed by atoms with Crippen LogP contribution in [0.4, 0.5) is 0 Å². The van der Waals surface area contributed by atoms with E-state index in [1.54, 1.807) is 0 Å².